The van der Waals surface area contributed by atoms with Crippen LogP contribution < -0.4 is 26.4 Å². The van der Waals surface area contributed by atoms with Gasteiger partial charge in [-0.1, -0.05) is 34.7 Å². The summed E-state index contributed by atoms with van der Waals surface area (Å²) < 4.78 is 102. The highest BCUT2D eigenvalue weighted by atomic mass is 31.3. The first-order valence-corrected chi connectivity index (χ1v) is 25.8. The van der Waals surface area contributed by atoms with Crippen molar-refractivity contribution in [3.63, 3.8) is 0 Å². The number of allylic oxidation sites excluding steroid dienone is 4. The van der Waals surface area contributed by atoms with E-state index in [-0.39, 0.29) is 55.0 Å². The minimum absolute atomic E-state index is 0.0157. The Morgan fingerprint density at radius 2 is 1.85 bits per heavy atom. The Balaban J connectivity index is 1.16. The highest BCUT2D eigenvalue weighted by Crippen LogP contribution is 2.66. The molecule has 2 aromatic heterocycles. The summed E-state index contributed by atoms with van der Waals surface area (Å²) in [5.74, 6) is 4.28. The molecule has 5 atom stereocenters. The molecule has 0 amide bonds. The van der Waals surface area contributed by atoms with Crippen LogP contribution in [0.5, 0.6) is 5.75 Å². The molecule has 1 saturated heterocycles. The number of ether oxygens (including phenoxy) is 4. The van der Waals surface area contributed by atoms with Gasteiger partial charge in [0.05, 0.1) is 30.4 Å². The number of phosphoric ester groups is 1. The maximum absolute atomic E-state index is 15.6. The van der Waals surface area contributed by atoms with Crippen molar-refractivity contribution >= 4 is 54.0 Å². The van der Waals surface area contributed by atoms with E-state index in [1.54, 1.807) is 38.1 Å². The standard InChI is InChI=1S/C39H48BF2N12O16P3/c1-24-7-9-30(50-40(41,42)54-27(4)17-25(2)33(54)16-24)10-8-26(3)46-13-15-64-31-11-12-32(29(18-31)20-47-51-44)38(55)65-14-5-6-28-21-53(39(56)49-37(28)43)36-19-34(66-23-48-52-45)35(68-36)22-67-72(60,61)70-73(62,63)69-71(57,58)59/h7,9,11-12,16-18,21,34-36,46,50H,3,8,10,13-15,19-20,22-23H2,1-2,4H3,(H,60,61)(H,62,63)(H2,43,49,56)(H2,57,58,59)/b9-7-,24-16+,50-30-/t34?,35-,36-/m1/s1. The second-order valence-electron chi connectivity index (χ2n) is 15.8. The lowest BCUT2D eigenvalue weighted by molar-refractivity contribution is -0.341. The second kappa shape index (κ2) is 25.0. The van der Waals surface area contributed by atoms with Gasteiger partial charge in [-0.05, 0) is 91.0 Å². The van der Waals surface area contributed by atoms with Gasteiger partial charge in [0.15, 0.2) is 6.61 Å². The van der Waals surface area contributed by atoms with Crippen LogP contribution in [0.2, 0.25) is 0 Å². The Labute approximate surface area is 413 Å². The van der Waals surface area contributed by atoms with Gasteiger partial charge >= 0.3 is 42.1 Å². The van der Waals surface area contributed by atoms with E-state index in [2.05, 4.69) is 66.8 Å². The number of phosphoric acid groups is 3. The largest absolute Gasteiger partial charge is 0.730 e. The van der Waals surface area contributed by atoms with E-state index >= 15 is 8.63 Å². The molecule has 392 valence electrons. The number of nitrogens with zero attached hydrogens (tertiary/aromatic N) is 9. The number of nitrogen functional groups attached to an aromatic ring is 1. The van der Waals surface area contributed by atoms with Crippen molar-refractivity contribution in [2.45, 2.75) is 65.0 Å². The summed E-state index contributed by atoms with van der Waals surface area (Å²) in [7, 11) is -17.1. The summed E-state index contributed by atoms with van der Waals surface area (Å²) in [6.45, 7) is 3.15. The number of fused-ring (bicyclic) bond motifs is 1. The number of hydrogen-bond acceptors (Lipinski definition) is 17. The molecular weight excluding hydrogens is 1030 g/mol. The molecule has 3 unspecified atom stereocenters. The van der Waals surface area contributed by atoms with Crippen molar-refractivity contribution in [2.75, 3.05) is 38.8 Å². The van der Waals surface area contributed by atoms with Crippen LogP contribution in [0, 0.1) is 25.7 Å². The van der Waals surface area contributed by atoms with Crippen LogP contribution in [0.1, 0.15) is 70.9 Å². The van der Waals surface area contributed by atoms with Crippen LogP contribution >= 0.6 is 23.5 Å². The lowest BCUT2D eigenvalue weighted by atomic mass is 9.96. The third-order valence-electron chi connectivity index (χ3n) is 10.3. The minimum atomic E-state index is -5.85. The molecule has 34 heteroatoms. The third-order valence-corrected chi connectivity index (χ3v) is 14.1. The molecule has 1 aromatic carbocycles. The molecular formula is C39H48BF2N12O16P3. The Kier molecular flexibility index (Phi) is 19.7. The minimum Gasteiger partial charge on any atom is -0.492 e. The molecule has 1 fully saturated rings. The third kappa shape index (κ3) is 17.1. The lowest BCUT2D eigenvalue weighted by Crippen LogP contribution is -2.91. The highest BCUT2D eigenvalue weighted by molar-refractivity contribution is 7.66. The van der Waals surface area contributed by atoms with Crippen molar-refractivity contribution in [1.29, 1.82) is 0 Å². The normalized spacial score (nSPS) is 20.6. The van der Waals surface area contributed by atoms with Gasteiger partial charge in [-0.25, -0.2) is 23.3 Å². The quantitative estimate of drug-likeness (QED) is 0.0102. The zero-order valence-corrected chi connectivity index (χ0v) is 41.6. The molecule has 0 bridgehead atoms. The van der Waals surface area contributed by atoms with Gasteiger partial charge in [-0.15, -0.1) is 0 Å². The van der Waals surface area contributed by atoms with Crippen LogP contribution in [0.4, 0.5) is 14.4 Å². The SMILES string of the molecule is C=C(CCC1=[NH+]\[B-](F)(F)n2c(C)cc(C)c2/C=C(C)/C=C\1)NCCOc1ccc(C(=O)OCC#Cc2cn([C@H]3CC(OCN=[N+]=[N-])[C@@H](COP(=O)(O)OP(=O)(O)OP(=O)(O)O)O3)c(=O)nc2N)c(CN=[N+]=[N-])c1. The summed E-state index contributed by atoms with van der Waals surface area (Å²) in [5.41, 5.74) is 26.2. The maximum Gasteiger partial charge on any atom is 0.730 e. The average molecular weight is 1080 g/mol. The zero-order chi connectivity index (χ0) is 53.7. The molecule has 73 heavy (non-hydrogen) atoms. The van der Waals surface area contributed by atoms with Gasteiger partial charge < -0.3 is 67.6 Å². The molecule has 2 aliphatic heterocycles. The first kappa shape index (κ1) is 57.5. The zero-order valence-electron chi connectivity index (χ0n) is 38.9. The molecule has 3 aromatic rings. The number of nitrogens with two attached hydrogens (primary N) is 1. The number of aromatic nitrogens is 3. The van der Waals surface area contributed by atoms with Crippen LogP contribution in [0.15, 0.2) is 75.5 Å². The summed E-state index contributed by atoms with van der Waals surface area (Å²) in [6, 6.07) is 6.08. The number of carbonyl (C=O) groups is 1. The van der Waals surface area contributed by atoms with Gasteiger partial charge in [-0.2, -0.15) is 13.6 Å². The monoisotopic (exact) mass is 1080 g/mol. The van der Waals surface area contributed by atoms with Crippen LogP contribution in [-0.2, 0) is 47.6 Å². The molecule has 28 nitrogen and oxygen atoms in total. The molecule has 2 aliphatic rings. The van der Waals surface area contributed by atoms with E-state index < -0.39 is 80.5 Å². The molecule has 4 heterocycles. The number of azide groups is 2. The van der Waals surface area contributed by atoms with E-state index in [4.69, 9.17) is 45.5 Å². The number of halogens is 2. The van der Waals surface area contributed by atoms with Crippen LogP contribution in [0.3, 0.4) is 0 Å². The molecule has 0 saturated carbocycles. The van der Waals surface area contributed by atoms with Gasteiger partial charge in [0.1, 0.15) is 42.9 Å². The Morgan fingerprint density at radius 1 is 1.11 bits per heavy atom. The Morgan fingerprint density at radius 3 is 2.56 bits per heavy atom. The molecule has 0 spiro atoms. The fourth-order valence-electron chi connectivity index (χ4n) is 7.22. The van der Waals surface area contributed by atoms with Crippen LogP contribution in [-0.4, -0.2) is 97.6 Å². The summed E-state index contributed by atoms with van der Waals surface area (Å²) in [4.78, 5) is 74.4. The Bertz CT molecular complexity index is 3070. The number of benzene rings is 1. The highest BCUT2D eigenvalue weighted by Gasteiger charge is 2.44. The fraction of sp³-hybridized carbons (Fsp3) is 0.385. The summed E-state index contributed by atoms with van der Waals surface area (Å²) in [6.07, 6.45) is 2.76. The van der Waals surface area contributed by atoms with Crippen molar-refractivity contribution in [1.82, 2.24) is 19.3 Å². The first-order chi connectivity index (χ1) is 34.3. The number of hydrogen-bond donors (Lipinski definition) is 7. The molecule has 0 aliphatic carbocycles. The number of aryl methyl sites for hydroxylation is 2. The van der Waals surface area contributed by atoms with Gasteiger partial charge in [0, 0.05) is 52.9 Å². The average Bonchev–Trinajstić information content (AvgIpc) is 3.84. The van der Waals surface area contributed by atoms with E-state index in [9.17, 15) is 33.1 Å². The molecule has 8 N–H and O–H groups in total. The smallest absolute Gasteiger partial charge is 0.492 e. The number of rotatable bonds is 23. The van der Waals surface area contributed by atoms with Gasteiger partial charge in [0.25, 0.3) is 0 Å². The first-order valence-electron chi connectivity index (χ1n) is 21.3. The van der Waals surface area contributed by atoms with Crippen molar-refractivity contribution in [2.24, 2.45) is 10.2 Å². The van der Waals surface area contributed by atoms with E-state index in [0.717, 1.165) is 26.4 Å². The van der Waals surface area contributed by atoms with E-state index in [1.165, 1.54) is 18.2 Å². The molecule has 5 rings (SSSR count). The number of esters is 1. The number of nitrogens with one attached hydrogen (secondary N) is 2. The van der Waals surface area contributed by atoms with E-state index in [0.29, 0.717) is 35.0 Å². The van der Waals surface area contributed by atoms with Crippen molar-refractivity contribution in [3.8, 4) is 17.6 Å². The molecule has 0 radical (unpaired) electrons. The van der Waals surface area contributed by atoms with Crippen LogP contribution in [0.25, 0.3) is 27.0 Å². The van der Waals surface area contributed by atoms with E-state index in [1.807, 2.05) is 6.92 Å². The fourth-order valence-corrected chi connectivity index (χ4v) is 10.3. The maximum atomic E-state index is 15.6. The number of anilines is 1. The second-order valence-corrected chi connectivity index (χ2v) is 20.2. The number of carbonyl (C=O) groups excluding carboxylic acids is 1. The van der Waals surface area contributed by atoms with Gasteiger partial charge in [0.2, 0.25) is 0 Å². The topological polar surface area (TPSA) is 403 Å². The summed E-state index contributed by atoms with van der Waals surface area (Å²) >= 11 is 0. The van der Waals surface area contributed by atoms with Gasteiger partial charge in [-0.3, -0.25) is 9.09 Å². The predicted molar refractivity (Wildman–Crippen MR) is 254 cm³/mol. The predicted octanol–water partition coefficient (Wildman–Crippen LogP) is 4.23. The van der Waals surface area contributed by atoms with Crippen molar-refractivity contribution in [3.05, 3.63) is 125 Å². The Hall–Kier alpha value is -6.43. The lowest BCUT2D eigenvalue weighted by Gasteiger charge is -2.21. The summed E-state index contributed by atoms with van der Waals surface area (Å²) in [5, 5.41) is 9.89. The van der Waals surface area contributed by atoms with Crippen molar-refractivity contribution < 1.29 is 83.7 Å².